The van der Waals surface area contributed by atoms with E-state index in [1.165, 1.54) is 0 Å². The van der Waals surface area contributed by atoms with E-state index in [1.54, 1.807) is 12.4 Å². The molecule has 1 aromatic carbocycles. The fraction of sp³-hybridized carbons (Fsp3) is 0.267. The zero-order chi connectivity index (χ0) is 14.4. The predicted octanol–water partition coefficient (Wildman–Crippen LogP) is 4.08. The van der Waals surface area contributed by atoms with E-state index in [4.69, 9.17) is 27.9 Å². The van der Waals surface area contributed by atoms with Crippen LogP contribution in [-0.4, -0.2) is 11.5 Å². The van der Waals surface area contributed by atoms with Gasteiger partial charge in [0.1, 0.15) is 12.4 Å². The number of hydrogen-bond acceptors (Lipinski definition) is 3. The van der Waals surface area contributed by atoms with Crippen molar-refractivity contribution in [3.05, 3.63) is 57.8 Å². The van der Waals surface area contributed by atoms with Gasteiger partial charge >= 0.3 is 0 Å². The Balaban J connectivity index is 2.14. The van der Waals surface area contributed by atoms with E-state index >= 15 is 0 Å². The maximum atomic E-state index is 6.22. The molecule has 1 N–H and O–H groups in total. The van der Waals surface area contributed by atoms with Crippen molar-refractivity contribution in [1.29, 1.82) is 0 Å². The number of nitrogens with zero attached hydrogens (tertiary/aromatic N) is 1. The molecule has 0 aliphatic rings. The molecule has 20 heavy (non-hydrogen) atoms. The van der Waals surface area contributed by atoms with Crippen molar-refractivity contribution in [2.45, 2.75) is 20.1 Å². The molecule has 5 heteroatoms. The number of aromatic nitrogens is 1. The Morgan fingerprint density at radius 2 is 2.00 bits per heavy atom. The average molecular weight is 311 g/mol. The lowest BCUT2D eigenvalue weighted by atomic mass is 10.2. The van der Waals surface area contributed by atoms with Crippen LogP contribution in [0.2, 0.25) is 10.0 Å². The molecule has 2 rings (SSSR count). The largest absolute Gasteiger partial charge is 0.487 e. The summed E-state index contributed by atoms with van der Waals surface area (Å²) in [5.74, 6) is 0.697. The van der Waals surface area contributed by atoms with Crippen LogP contribution in [0.3, 0.4) is 0 Å². The van der Waals surface area contributed by atoms with E-state index in [1.807, 2.05) is 24.3 Å². The molecule has 0 aliphatic carbocycles. The molecule has 1 heterocycles. The van der Waals surface area contributed by atoms with Crippen LogP contribution in [0.25, 0.3) is 0 Å². The standard InChI is InChI=1S/C15H16Cl2N2O/c1-2-18-8-11-4-3-5-13(16)15(11)20-10-12-6-7-19-9-14(12)17/h3-7,9,18H,2,8,10H2,1H3. The van der Waals surface area contributed by atoms with Gasteiger partial charge in [-0.15, -0.1) is 0 Å². The number of ether oxygens (including phenoxy) is 1. The Kier molecular flexibility index (Phi) is 5.65. The molecule has 0 spiro atoms. The average Bonchev–Trinajstić information content (AvgIpc) is 2.45. The van der Waals surface area contributed by atoms with Gasteiger partial charge in [-0.2, -0.15) is 0 Å². The highest BCUT2D eigenvalue weighted by Gasteiger charge is 2.09. The fourth-order valence-electron chi connectivity index (χ4n) is 1.78. The molecule has 0 saturated carbocycles. The summed E-state index contributed by atoms with van der Waals surface area (Å²) in [6.07, 6.45) is 3.29. The molecule has 3 nitrogen and oxygen atoms in total. The Morgan fingerprint density at radius 3 is 2.75 bits per heavy atom. The van der Waals surface area contributed by atoms with Gasteiger partial charge in [0.25, 0.3) is 0 Å². The summed E-state index contributed by atoms with van der Waals surface area (Å²) in [7, 11) is 0. The highest BCUT2D eigenvalue weighted by molar-refractivity contribution is 6.32. The van der Waals surface area contributed by atoms with Crippen LogP contribution in [0.5, 0.6) is 5.75 Å². The first-order chi connectivity index (χ1) is 9.72. The van der Waals surface area contributed by atoms with Gasteiger partial charge < -0.3 is 10.1 Å². The van der Waals surface area contributed by atoms with Gasteiger partial charge in [0, 0.05) is 30.1 Å². The number of pyridine rings is 1. The number of halogens is 2. The third-order valence-corrected chi connectivity index (χ3v) is 3.48. The Hall–Kier alpha value is -1.29. The maximum absolute atomic E-state index is 6.22. The molecule has 0 fully saturated rings. The number of hydrogen-bond donors (Lipinski definition) is 1. The normalized spacial score (nSPS) is 10.6. The highest BCUT2D eigenvalue weighted by Crippen LogP contribution is 2.30. The Labute approximate surface area is 128 Å². The molecule has 0 radical (unpaired) electrons. The van der Waals surface area contributed by atoms with Crippen LogP contribution >= 0.6 is 23.2 Å². The van der Waals surface area contributed by atoms with Gasteiger partial charge in [0.05, 0.1) is 10.0 Å². The molecule has 2 aromatic rings. The molecule has 0 atom stereocenters. The summed E-state index contributed by atoms with van der Waals surface area (Å²) in [4.78, 5) is 3.95. The molecule has 0 aliphatic heterocycles. The third-order valence-electron chi connectivity index (χ3n) is 2.84. The lowest BCUT2D eigenvalue weighted by Crippen LogP contribution is -2.13. The smallest absolute Gasteiger partial charge is 0.142 e. The minimum Gasteiger partial charge on any atom is -0.487 e. The molecular weight excluding hydrogens is 295 g/mol. The second-order valence-corrected chi connectivity index (χ2v) is 5.08. The fourth-order valence-corrected chi connectivity index (χ4v) is 2.21. The van der Waals surface area contributed by atoms with E-state index in [9.17, 15) is 0 Å². The van der Waals surface area contributed by atoms with Crippen LogP contribution < -0.4 is 10.1 Å². The van der Waals surface area contributed by atoms with Gasteiger partial charge in [-0.05, 0) is 18.7 Å². The van der Waals surface area contributed by atoms with Crippen LogP contribution in [0.15, 0.2) is 36.7 Å². The SMILES string of the molecule is CCNCc1cccc(Cl)c1OCc1ccncc1Cl. The van der Waals surface area contributed by atoms with Crippen molar-refractivity contribution in [3.8, 4) is 5.75 Å². The summed E-state index contributed by atoms with van der Waals surface area (Å²) in [5.41, 5.74) is 1.92. The lowest BCUT2D eigenvalue weighted by molar-refractivity contribution is 0.302. The zero-order valence-electron chi connectivity index (χ0n) is 11.2. The van der Waals surface area contributed by atoms with E-state index in [-0.39, 0.29) is 0 Å². The van der Waals surface area contributed by atoms with Crippen LogP contribution in [0.1, 0.15) is 18.1 Å². The predicted molar refractivity (Wildman–Crippen MR) is 82.4 cm³/mol. The van der Waals surface area contributed by atoms with Crippen molar-refractivity contribution >= 4 is 23.2 Å². The third kappa shape index (κ3) is 3.85. The highest BCUT2D eigenvalue weighted by atomic mass is 35.5. The Morgan fingerprint density at radius 1 is 1.15 bits per heavy atom. The molecular formula is C15H16Cl2N2O. The molecule has 106 valence electrons. The van der Waals surface area contributed by atoms with E-state index < -0.39 is 0 Å². The lowest BCUT2D eigenvalue weighted by Gasteiger charge is -2.14. The second kappa shape index (κ2) is 7.48. The minimum atomic E-state index is 0.365. The van der Waals surface area contributed by atoms with Crippen molar-refractivity contribution in [2.24, 2.45) is 0 Å². The van der Waals surface area contributed by atoms with Crippen LogP contribution in [0, 0.1) is 0 Å². The summed E-state index contributed by atoms with van der Waals surface area (Å²) < 4.78 is 5.85. The number of nitrogens with one attached hydrogen (secondary N) is 1. The van der Waals surface area contributed by atoms with Crippen molar-refractivity contribution in [1.82, 2.24) is 10.3 Å². The first kappa shape index (κ1) is 15.1. The molecule has 1 aromatic heterocycles. The molecule has 0 unspecified atom stereocenters. The number of para-hydroxylation sites is 1. The minimum absolute atomic E-state index is 0.365. The first-order valence-corrected chi connectivity index (χ1v) is 7.17. The van der Waals surface area contributed by atoms with E-state index in [0.29, 0.717) is 22.4 Å². The second-order valence-electron chi connectivity index (χ2n) is 4.26. The van der Waals surface area contributed by atoms with Gasteiger partial charge in [-0.1, -0.05) is 42.3 Å². The van der Waals surface area contributed by atoms with Crippen LogP contribution in [-0.2, 0) is 13.2 Å². The summed E-state index contributed by atoms with van der Waals surface area (Å²) in [5, 5.41) is 4.46. The monoisotopic (exact) mass is 310 g/mol. The summed E-state index contributed by atoms with van der Waals surface area (Å²) >= 11 is 12.3. The van der Waals surface area contributed by atoms with Crippen LogP contribution in [0.4, 0.5) is 0 Å². The summed E-state index contributed by atoms with van der Waals surface area (Å²) in [6.45, 7) is 4.03. The molecule has 0 bridgehead atoms. The summed E-state index contributed by atoms with van der Waals surface area (Å²) in [6, 6.07) is 7.57. The van der Waals surface area contributed by atoms with Gasteiger partial charge in [-0.25, -0.2) is 0 Å². The van der Waals surface area contributed by atoms with E-state index in [2.05, 4.69) is 17.2 Å². The number of rotatable bonds is 6. The molecule has 0 amide bonds. The quantitative estimate of drug-likeness (QED) is 0.873. The van der Waals surface area contributed by atoms with E-state index in [0.717, 1.165) is 24.2 Å². The topological polar surface area (TPSA) is 34.1 Å². The van der Waals surface area contributed by atoms with Gasteiger partial charge in [0.2, 0.25) is 0 Å². The maximum Gasteiger partial charge on any atom is 0.142 e. The number of benzene rings is 1. The first-order valence-electron chi connectivity index (χ1n) is 6.41. The van der Waals surface area contributed by atoms with Gasteiger partial charge in [-0.3, -0.25) is 4.98 Å². The zero-order valence-corrected chi connectivity index (χ0v) is 12.7. The Bertz CT molecular complexity index is 576. The van der Waals surface area contributed by atoms with Crippen molar-refractivity contribution in [3.63, 3.8) is 0 Å². The van der Waals surface area contributed by atoms with Crippen molar-refractivity contribution in [2.75, 3.05) is 6.54 Å². The van der Waals surface area contributed by atoms with Gasteiger partial charge in [0.15, 0.2) is 0 Å². The molecule has 0 saturated heterocycles. The van der Waals surface area contributed by atoms with Crippen molar-refractivity contribution < 1.29 is 4.74 Å².